The van der Waals surface area contributed by atoms with E-state index in [2.05, 4.69) is 26.4 Å². The molecule has 0 aliphatic carbocycles. The number of hydrogen-bond donors (Lipinski definition) is 1. The first-order valence-electron chi connectivity index (χ1n) is 15.9. The quantitative estimate of drug-likeness (QED) is 0.0991. The molecule has 3 heterocycles. The highest BCUT2D eigenvalue weighted by Gasteiger charge is 2.45. The van der Waals surface area contributed by atoms with Crippen LogP contribution in [0.3, 0.4) is 0 Å². The van der Waals surface area contributed by atoms with Gasteiger partial charge >= 0.3 is 5.97 Å². The summed E-state index contributed by atoms with van der Waals surface area (Å²) >= 11 is 1.32. The van der Waals surface area contributed by atoms with Crippen LogP contribution in [0, 0.1) is 23.0 Å². The molecule has 1 aliphatic rings. The van der Waals surface area contributed by atoms with Crippen LogP contribution in [0.25, 0.3) is 11.3 Å². The van der Waals surface area contributed by atoms with Gasteiger partial charge in [-0.05, 0) is 35.9 Å². The second kappa shape index (κ2) is 15.6. The molecule has 3 atom stereocenters. The van der Waals surface area contributed by atoms with E-state index in [1.54, 1.807) is 55.5 Å². The van der Waals surface area contributed by atoms with E-state index in [9.17, 15) is 19.2 Å². The van der Waals surface area contributed by atoms with Crippen molar-refractivity contribution in [2.75, 3.05) is 33.0 Å². The maximum atomic E-state index is 15.8. The van der Waals surface area contributed by atoms with Gasteiger partial charge in [-0.25, -0.2) is 28.2 Å². The summed E-state index contributed by atoms with van der Waals surface area (Å²) in [6.45, 7) is 4.14. The van der Waals surface area contributed by atoms with Gasteiger partial charge in [-0.3, -0.25) is 4.90 Å². The van der Waals surface area contributed by atoms with E-state index in [1.165, 1.54) is 34.7 Å². The number of benzene rings is 3. The number of halogens is 2. The van der Waals surface area contributed by atoms with Crippen molar-refractivity contribution in [1.29, 1.82) is 5.26 Å². The van der Waals surface area contributed by atoms with E-state index in [4.69, 9.17) is 14.5 Å². The van der Waals surface area contributed by atoms with E-state index in [0.717, 1.165) is 55.7 Å². The van der Waals surface area contributed by atoms with E-state index < -0.39 is 42.0 Å². The average Bonchev–Trinajstić information content (AvgIpc) is 3.85. The first-order chi connectivity index (χ1) is 24.3. The lowest BCUT2D eigenvalue weighted by Crippen LogP contribution is -2.45. The van der Waals surface area contributed by atoms with Crippen LogP contribution in [0.2, 0.25) is 0 Å². The van der Waals surface area contributed by atoms with Crippen LogP contribution in [0.1, 0.15) is 50.9 Å². The Morgan fingerprint density at radius 1 is 1.12 bits per heavy atom. The molecule has 1 N–H and O–H groups in total. The van der Waals surface area contributed by atoms with Crippen LogP contribution < -0.4 is 5.32 Å². The lowest BCUT2D eigenvalue weighted by molar-refractivity contribution is -0.148. The largest absolute Gasteiger partial charge is 0.435 e. The Bertz CT molecular complexity index is 1960. The van der Waals surface area contributed by atoms with Crippen LogP contribution in [0.5, 0.6) is 0 Å². The van der Waals surface area contributed by atoms with Gasteiger partial charge in [0, 0.05) is 54.7 Å². The van der Waals surface area contributed by atoms with Gasteiger partial charge in [0.25, 0.3) is 0 Å². The highest BCUT2D eigenvalue weighted by molar-refractivity contribution is 7.10. The normalized spacial score (nSPS) is 15.8. The van der Waals surface area contributed by atoms with Gasteiger partial charge in [-0.1, -0.05) is 37.3 Å². The number of aldehydes is 1. The molecule has 5 aromatic rings. The van der Waals surface area contributed by atoms with Crippen molar-refractivity contribution in [3.8, 4) is 17.3 Å². The molecular formula is C36H33F2N7O4S. The third kappa shape index (κ3) is 7.51. The third-order valence-corrected chi connectivity index (χ3v) is 9.85. The predicted molar refractivity (Wildman–Crippen MR) is 180 cm³/mol. The molecule has 0 amide bonds. The average molecular weight is 698 g/mol. The molecule has 0 spiro atoms. The summed E-state index contributed by atoms with van der Waals surface area (Å²) < 4.78 is 43.4. The van der Waals surface area contributed by atoms with Crippen molar-refractivity contribution in [2.45, 2.75) is 31.0 Å². The summed E-state index contributed by atoms with van der Waals surface area (Å²) in [5.41, 5.74) is 1.31. The smallest absolute Gasteiger partial charge is 0.340 e. The second-order valence-corrected chi connectivity index (χ2v) is 12.7. The zero-order valence-corrected chi connectivity index (χ0v) is 27.9. The van der Waals surface area contributed by atoms with Crippen molar-refractivity contribution in [3.05, 3.63) is 124 Å². The lowest BCUT2D eigenvalue weighted by atomic mass is 9.81. The number of rotatable bonds is 13. The molecule has 0 saturated carbocycles. The number of thiazole rings is 1. The number of carbonyl (C=O) groups is 2. The summed E-state index contributed by atoms with van der Waals surface area (Å²) in [4.78, 5) is 36.1. The van der Waals surface area contributed by atoms with E-state index in [0.29, 0.717) is 16.3 Å². The molecule has 6 rings (SSSR count). The molecule has 0 bridgehead atoms. The summed E-state index contributed by atoms with van der Waals surface area (Å²) in [6, 6.07) is 18.4. The second-order valence-electron chi connectivity index (χ2n) is 11.8. The molecule has 0 radical (unpaired) electrons. The number of nitrogens with zero attached hydrogens (tertiary/aromatic N) is 6. The maximum absolute atomic E-state index is 15.8. The SMILES string of the molecule is CC(c1nc(-c2ccc(C#N)cc2)cs1)C(Cn1cncn1)(OCOC(=O)c1ccc(C(C=O)N2CCNCC2)cc1)c1ccc(F)cc1F. The monoisotopic (exact) mass is 697 g/mol. The minimum atomic E-state index is -1.62. The zero-order valence-electron chi connectivity index (χ0n) is 27.0. The molecule has 3 unspecified atom stereocenters. The summed E-state index contributed by atoms with van der Waals surface area (Å²) in [7, 11) is 0. The summed E-state index contributed by atoms with van der Waals surface area (Å²) in [5.74, 6) is -3.01. The highest BCUT2D eigenvalue weighted by atomic mass is 32.1. The molecule has 1 fully saturated rings. The van der Waals surface area contributed by atoms with Gasteiger partial charge in [0.15, 0.2) is 6.79 Å². The molecular weight excluding hydrogens is 665 g/mol. The fourth-order valence-electron chi connectivity index (χ4n) is 6.05. The Labute approximate surface area is 291 Å². The van der Waals surface area contributed by atoms with Crippen LogP contribution in [-0.4, -0.2) is 69.9 Å². The van der Waals surface area contributed by atoms with Crippen molar-refractivity contribution in [1.82, 2.24) is 30.0 Å². The number of hydrogen-bond acceptors (Lipinski definition) is 11. The van der Waals surface area contributed by atoms with Crippen LogP contribution in [-0.2, 0) is 26.4 Å². The number of ether oxygens (including phenoxy) is 2. The molecule has 256 valence electrons. The van der Waals surface area contributed by atoms with Gasteiger partial charge in [0.1, 0.15) is 36.2 Å². The van der Waals surface area contributed by atoms with Crippen LogP contribution in [0.4, 0.5) is 8.78 Å². The molecule has 11 nitrogen and oxygen atoms in total. The van der Waals surface area contributed by atoms with Crippen LogP contribution in [0.15, 0.2) is 84.8 Å². The first kappa shape index (κ1) is 34.7. The first-order valence-corrected chi connectivity index (χ1v) is 16.7. The molecule has 1 saturated heterocycles. The Morgan fingerprint density at radius 2 is 1.88 bits per heavy atom. The number of carbonyl (C=O) groups excluding carboxylic acids is 2. The Balaban J connectivity index is 1.28. The number of esters is 1. The van der Waals surface area contributed by atoms with Gasteiger partial charge in [0.05, 0.1) is 40.5 Å². The molecule has 50 heavy (non-hydrogen) atoms. The van der Waals surface area contributed by atoms with Crippen molar-refractivity contribution in [3.63, 3.8) is 0 Å². The number of nitrogens with one attached hydrogen (secondary N) is 1. The fourth-order valence-corrected chi connectivity index (χ4v) is 7.02. The maximum Gasteiger partial charge on any atom is 0.340 e. The minimum absolute atomic E-state index is 0.00485. The van der Waals surface area contributed by atoms with E-state index in [1.807, 2.05) is 5.38 Å². The molecule has 1 aliphatic heterocycles. The third-order valence-electron chi connectivity index (χ3n) is 8.82. The lowest BCUT2D eigenvalue weighted by Gasteiger charge is -2.38. The van der Waals surface area contributed by atoms with E-state index in [-0.39, 0.29) is 17.7 Å². The Kier molecular flexibility index (Phi) is 10.8. The number of nitriles is 1. The van der Waals surface area contributed by atoms with Gasteiger partial charge in [-0.2, -0.15) is 10.4 Å². The standard InChI is InChI=1S/C36H33F2N7O4S/c1-24(34-43-32(19-50-34)26-4-2-25(17-39)3-5-26)36(20-45-22-41-21-42-45,30-11-10-29(37)16-31(30)38)49-23-48-35(47)28-8-6-27(7-9-28)33(18-46)44-14-12-40-13-15-44/h2-11,16,18-19,21-22,24,33,40H,12-15,20,23H2,1H3. The summed E-state index contributed by atoms with van der Waals surface area (Å²) in [5, 5.41) is 19.1. The number of piperazine rings is 1. The van der Waals surface area contributed by atoms with Gasteiger partial charge < -0.3 is 19.6 Å². The number of aromatic nitrogens is 4. The topological polar surface area (TPSA) is 135 Å². The van der Waals surface area contributed by atoms with Crippen molar-refractivity contribution in [2.24, 2.45) is 0 Å². The Morgan fingerprint density at radius 3 is 2.54 bits per heavy atom. The van der Waals surface area contributed by atoms with Gasteiger partial charge in [0.2, 0.25) is 0 Å². The van der Waals surface area contributed by atoms with Crippen molar-refractivity contribution >= 4 is 23.6 Å². The minimum Gasteiger partial charge on any atom is -0.435 e. The zero-order chi connectivity index (χ0) is 35.1. The predicted octanol–water partition coefficient (Wildman–Crippen LogP) is 5.23. The summed E-state index contributed by atoms with van der Waals surface area (Å²) in [6.07, 6.45) is 3.66. The highest BCUT2D eigenvalue weighted by Crippen LogP contribution is 2.44. The van der Waals surface area contributed by atoms with Gasteiger partial charge in [-0.15, -0.1) is 11.3 Å². The van der Waals surface area contributed by atoms with Crippen molar-refractivity contribution < 1.29 is 27.8 Å². The van der Waals surface area contributed by atoms with E-state index >= 15 is 4.39 Å². The molecule has 14 heteroatoms. The van der Waals surface area contributed by atoms with Crippen LogP contribution >= 0.6 is 11.3 Å². The molecule has 2 aromatic heterocycles. The molecule has 3 aromatic carbocycles. The Hall–Kier alpha value is -5.20. The fraction of sp³-hybridized carbons (Fsp3) is 0.278.